The van der Waals surface area contributed by atoms with Crippen LogP contribution < -0.4 is 4.74 Å². The molecule has 88 valence electrons. The molecule has 5 heteroatoms. The van der Waals surface area contributed by atoms with Crippen LogP contribution in [0.25, 0.3) is 0 Å². The Hall–Kier alpha value is -0.900. The Morgan fingerprint density at radius 2 is 1.88 bits per heavy atom. The molecule has 1 heterocycles. The van der Waals surface area contributed by atoms with Crippen LogP contribution in [-0.4, -0.2) is 11.2 Å². The van der Waals surface area contributed by atoms with Gasteiger partial charge in [-0.25, -0.2) is 4.98 Å². The van der Waals surface area contributed by atoms with Gasteiger partial charge in [0.25, 0.3) is 0 Å². The van der Waals surface area contributed by atoms with E-state index in [2.05, 4.69) is 4.98 Å². The highest BCUT2D eigenvalue weighted by Crippen LogP contribution is 2.34. The van der Waals surface area contributed by atoms with Gasteiger partial charge in [-0.15, -0.1) is 11.8 Å². The molecule has 0 saturated heterocycles. The summed E-state index contributed by atoms with van der Waals surface area (Å²) in [6, 6.07) is 10.8. The number of aromatic nitrogens is 1. The molecule has 0 radical (unpaired) electrons. The van der Waals surface area contributed by atoms with Gasteiger partial charge < -0.3 is 4.74 Å². The van der Waals surface area contributed by atoms with Crippen molar-refractivity contribution in [1.29, 1.82) is 0 Å². The molecule has 0 aliphatic carbocycles. The lowest BCUT2D eigenvalue weighted by atomic mass is 10.3. The van der Waals surface area contributed by atoms with Crippen LogP contribution in [0.15, 0.2) is 41.4 Å². The van der Waals surface area contributed by atoms with Crippen molar-refractivity contribution in [3.63, 3.8) is 0 Å². The lowest BCUT2D eigenvalue weighted by Crippen LogP contribution is -1.89. The number of ether oxygens (including phenoxy) is 1. The first-order valence-corrected chi connectivity index (χ1v) is 6.81. The second-order valence-corrected chi connectivity index (χ2v) is 4.78. The van der Waals surface area contributed by atoms with Crippen molar-refractivity contribution in [2.45, 2.75) is 5.03 Å². The lowest BCUT2D eigenvalue weighted by molar-refractivity contribution is 0.459. The molecule has 1 aromatic heterocycles. The van der Waals surface area contributed by atoms with E-state index < -0.39 is 0 Å². The SMILES string of the molecule is CSc1cccc(Oc2cccc(Cl)c2Cl)n1. The molecule has 2 rings (SSSR count). The Bertz CT molecular complexity index is 534. The fourth-order valence-corrected chi connectivity index (χ4v) is 1.97. The molecule has 2 aromatic rings. The standard InChI is InChI=1S/C12H9Cl2NOS/c1-17-11-7-3-6-10(15-11)16-9-5-2-4-8(13)12(9)14/h2-7H,1H3. The van der Waals surface area contributed by atoms with Crippen molar-refractivity contribution in [3.8, 4) is 11.6 Å². The molecule has 0 N–H and O–H groups in total. The largest absolute Gasteiger partial charge is 0.437 e. The summed E-state index contributed by atoms with van der Waals surface area (Å²) in [7, 11) is 0. The number of nitrogens with zero attached hydrogens (tertiary/aromatic N) is 1. The predicted molar refractivity (Wildman–Crippen MR) is 72.6 cm³/mol. The summed E-state index contributed by atoms with van der Waals surface area (Å²) in [6.07, 6.45) is 1.96. The molecule has 0 saturated carbocycles. The molecular weight excluding hydrogens is 277 g/mol. The zero-order chi connectivity index (χ0) is 12.3. The van der Waals surface area contributed by atoms with Crippen molar-refractivity contribution >= 4 is 35.0 Å². The van der Waals surface area contributed by atoms with Gasteiger partial charge in [0.15, 0.2) is 0 Å². The first-order chi connectivity index (χ1) is 8.20. The van der Waals surface area contributed by atoms with Crippen LogP contribution in [0.2, 0.25) is 10.0 Å². The number of rotatable bonds is 3. The van der Waals surface area contributed by atoms with E-state index in [1.165, 1.54) is 0 Å². The van der Waals surface area contributed by atoms with Crippen LogP contribution in [0, 0.1) is 0 Å². The number of pyridine rings is 1. The van der Waals surface area contributed by atoms with E-state index in [0.29, 0.717) is 21.7 Å². The fraction of sp³-hybridized carbons (Fsp3) is 0.0833. The topological polar surface area (TPSA) is 22.1 Å². The maximum absolute atomic E-state index is 6.03. The second-order valence-electron chi connectivity index (χ2n) is 3.17. The first-order valence-electron chi connectivity index (χ1n) is 4.83. The van der Waals surface area contributed by atoms with Gasteiger partial charge in [-0.05, 0) is 24.5 Å². The van der Waals surface area contributed by atoms with E-state index in [1.54, 1.807) is 36.0 Å². The minimum Gasteiger partial charge on any atom is -0.437 e. The summed E-state index contributed by atoms with van der Waals surface area (Å²) in [5.41, 5.74) is 0. The number of hydrogen-bond donors (Lipinski definition) is 0. The summed E-state index contributed by atoms with van der Waals surface area (Å²) in [4.78, 5) is 4.30. The Morgan fingerprint density at radius 1 is 1.12 bits per heavy atom. The molecule has 0 aliphatic heterocycles. The molecule has 0 aliphatic rings. The van der Waals surface area contributed by atoms with E-state index in [0.717, 1.165) is 5.03 Å². The quantitative estimate of drug-likeness (QED) is 0.749. The van der Waals surface area contributed by atoms with Crippen LogP contribution in [0.4, 0.5) is 0 Å². The van der Waals surface area contributed by atoms with Crippen LogP contribution >= 0.6 is 35.0 Å². The van der Waals surface area contributed by atoms with Gasteiger partial charge in [0.2, 0.25) is 5.88 Å². The average molecular weight is 286 g/mol. The Labute approximate surface area is 114 Å². The van der Waals surface area contributed by atoms with Crippen LogP contribution in [0.3, 0.4) is 0 Å². The minimum absolute atomic E-state index is 0.394. The minimum atomic E-state index is 0.394. The van der Waals surface area contributed by atoms with Gasteiger partial charge in [-0.1, -0.05) is 35.3 Å². The molecule has 2 nitrogen and oxygen atoms in total. The zero-order valence-electron chi connectivity index (χ0n) is 8.98. The molecule has 0 unspecified atom stereocenters. The number of benzene rings is 1. The van der Waals surface area contributed by atoms with Crippen LogP contribution in [-0.2, 0) is 0 Å². The summed E-state index contributed by atoms with van der Waals surface area (Å²) >= 11 is 13.5. The molecule has 1 aromatic carbocycles. The first kappa shape index (κ1) is 12.6. The Kier molecular flexibility index (Phi) is 4.15. The smallest absolute Gasteiger partial charge is 0.220 e. The molecular formula is C12H9Cl2NOS. The summed E-state index contributed by atoms with van der Waals surface area (Å²) in [5, 5.41) is 1.75. The van der Waals surface area contributed by atoms with E-state index in [1.807, 2.05) is 18.4 Å². The van der Waals surface area contributed by atoms with Gasteiger partial charge in [-0.3, -0.25) is 0 Å². The maximum Gasteiger partial charge on any atom is 0.220 e. The summed E-state index contributed by atoms with van der Waals surface area (Å²) < 4.78 is 5.59. The maximum atomic E-state index is 6.03. The average Bonchev–Trinajstić information content (AvgIpc) is 2.35. The Balaban J connectivity index is 2.28. The number of hydrogen-bond acceptors (Lipinski definition) is 3. The third-order valence-corrected chi connectivity index (χ3v) is 3.49. The molecule has 0 fully saturated rings. The highest BCUT2D eigenvalue weighted by atomic mass is 35.5. The van der Waals surface area contributed by atoms with E-state index in [9.17, 15) is 0 Å². The summed E-state index contributed by atoms with van der Waals surface area (Å²) in [6.45, 7) is 0. The molecule has 0 amide bonds. The van der Waals surface area contributed by atoms with Crippen molar-refractivity contribution in [2.24, 2.45) is 0 Å². The number of thioether (sulfide) groups is 1. The van der Waals surface area contributed by atoms with Crippen LogP contribution in [0.5, 0.6) is 11.6 Å². The molecule has 0 spiro atoms. The third-order valence-electron chi connectivity index (χ3n) is 2.04. The van der Waals surface area contributed by atoms with E-state index in [4.69, 9.17) is 27.9 Å². The second kappa shape index (κ2) is 5.63. The molecule has 0 bridgehead atoms. The van der Waals surface area contributed by atoms with Crippen molar-refractivity contribution in [2.75, 3.05) is 6.26 Å². The summed E-state index contributed by atoms with van der Waals surface area (Å²) in [5.74, 6) is 1.01. The van der Waals surface area contributed by atoms with Gasteiger partial charge in [0.05, 0.1) is 10.0 Å². The fourth-order valence-electron chi connectivity index (χ4n) is 1.24. The number of halogens is 2. The van der Waals surface area contributed by atoms with Crippen molar-refractivity contribution < 1.29 is 4.74 Å². The normalized spacial score (nSPS) is 10.3. The van der Waals surface area contributed by atoms with Gasteiger partial charge in [0.1, 0.15) is 10.8 Å². The van der Waals surface area contributed by atoms with Crippen LogP contribution in [0.1, 0.15) is 0 Å². The highest BCUT2D eigenvalue weighted by Gasteiger charge is 2.07. The van der Waals surface area contributed by atoms with Gasteiger partial charge in [0, 0.05) is 6.07 Å². The molecule has 17 heavy (non-hydrogen) atoms. The highest BCUT2D eigenvalue weighted by molar-refractivity contribution is 7.98. The van der Waals surface area contributed by atoms with Crippen molar-refractivity contribution in [3.05, 3.63) is 46.4 Å². The zero-order valence-corrected chi connectivity index (χ0v) is 11.3. The van der Waals surface area contributed by atoms with Gasteiger partial charge in [-0.2, -0.15) is 0 Å². The predicted octanol–water partition coefficient (Wildman–Crippen LogP) is 4.90. The third kappa shape index (κ3) is 3.06. The lowest BCUT2D eigenvalue weighted by Gasteiger charge is -2.07. The molecule has 0 atom stereocenters. The van der Waals surface area contributed by atoms with Gasteiger partial charge >= 0.3 is 0 Å². The monoisotopic (exact) mass is 285 g/mol. The Morgan fingerprint density at radius 3 is 2.65 bits per heavy atom. The van der Waals surface area contributed by atoms with E-state index >= 15 is 0 Å². The van der Waals surface area contributed by atoms with Crippen molar-refractivity contribution in [1.82, 2.24) is 4.98 Å². The van der Waals surface area contributed by atoms with E-state index in [-0.39, 0.29) is 0 Å².